The molecule has 0 unspecified atom stereocenters. The van der Waals surface area contributed by atoms with Gasteiger partial charge in [0.15, 0.2) is 11.5 Å². The highest BCUT2D eigenvalue weighted by atomic mass is 16.5. The minimum Gasteiger partial charge on any atom is -0.493 e. The van der Waals surface area contributed by atoms with Crippen LogP contribution in [-0.2, 0) is 22.6 Å². The van der Waals surface area contributed by atoms with Gasteiger partial charge in [-0.1, -0.05) is 36.4 Å². The van der Waals surface area contributed by atoms with Crippen molar-refractivity contribution in [2.24, 2.45) is 0 Å². The van der Waals surface area contributed by atoms with Crippen molar-refractivity contribution in [2.45, 2.75) is 19.3 Å². The summed E-state index contributed by atoms with van der Waals surface area (Å²) in [5.41, 5.74) is 2.17. The van der Waals surface area contributed by atoms with Gasteiger partial charge in [0.25, 0.3) is 0 Å². The summed E-state index contributed by atoms with van der Waals surface area (Å²) in [5.74, 6) is 1.39. The van der Waals surface area contributed by atoms with E-state index in [1.165, 1.54) is 0 Å². The summed E-state index contributed by atoms with van der Waals surface area (Å²) in [7, 11) is 4.92. The predicted octanol–water partition coefficient (Wildman–Crippen LogP) is 2.73. The molecule has 2 rings (SSSR count). The van der Waals surface area contributed by atoms with E-state index in [4.69, 9.17) is 18.9 Å². The van der Waals surface area contributed by atoms with E-state index < -0.39 is 6.10 Å². The van der Waals surface area contributed by atoms with Crippen LogP contribution in [0.3, 0.4) is 0 Å². The number of ether oxygens (including phenoxy) is 4. The number of rotatable bonds is 13. The SMILES string of the molecule is COCCN(Cc1ccc(OC)c(OC)c1)C[C@H](O)COCc1ccccc1. The Kier molecular flexibility index (Phi) is 9.79. The first-order valence-corrected chi connectivity index (χ1v) is 9.38. The zero-order valence-corrected chi connectivity index (χ0v) is 17.0. The van der Waals surface area contributed by atoms with Crippen molar-refractivity contribution in [1.29, 1.82) is 0 Å². The van der Waals surface area contributed by atoms with Crippen LogP contribution in [0.25, 0.3) is 0 Å². The lowest BCUT2D eigenvalue weighted by molar-refractivity contribution is 0.00479. The number of hydrogen-bond donors (Lipinski definition) is 1. The zero-order valence-electron chi connectivity index (χ0n) is 17.0. The predicted molar refractivity (Wildman–Crippen MR) is 109 cm³/mol. The number of aliphatic hydroxyl groups is 1. The average Bonchev–Trinajstić information content (AvgIpc) is 2.72. The van der Waals surface area contributed by atoms with Crippen LogP contribution in [-0.4, -0.2) is 63.7 Å². The summed E-state index contributed by atoms with van der Waals surface area (Å²) >= 11 is 0. The molecule has 154 valence electrons. The molecule has 0 aliphatic heterocycles. The second-order valence-electron chi connectivity index (χ2n) is 6.57. The van der Waals surface area contributed by atoms with Gasteiger partial charge in [-0.05, 0) is 23.3 Å². The number of aliphatic hydroxyl groups excluding tert-OH is 1. The lowest BCUT2D eigenvalue weighted by Crippen LogP contribution is -2.36. The molecule has 6 heteroatoms. The van der Waals surface area contributed by atoms with Gasteiger partial charge in [-0.3, -0.25) is 4.90 Å². The molecule has 1 N–H and O–H groups in total. The molecule has 0 saturated carbocycles. The highest BCUT2D eigenvalue weighted by Crippen LogP contribution is 2.28. The van der Waals surface area contributed by atoms with Crippen molar-refractivity contribution in [3.63, 3.8) is 0 Å². The molecule has 0 fully saturated rings. The van der Waals surface area contributed by atoms with Gasteiger partial charge in [0.05, 0.1) is 40.1 Å². The van der Waals surface area contributed by atoms with E-state index >= 15 is 0 Å². The number of methoxy groups -OCH3 is 3. The second kappa shape index (κ2) is 12.4. The fourth-order valence-electron chi connectivity index (χ4n) is 2.93. The van der Waals surface area contributed by atoms with E-state index in [9.17, 15) is 5.11 Å². The van der Waals surface area contributed by atoms with Crippen molar-refractivity contribution < 1.29 is 24.1 Å². The molecule has 0 bridgehead atoms. The number of benzene rings is 2. The molecule has 0 radical (unpaired) electrons. The Morgan fingerprint density at radius 1 is 0.929 bits per heavy atom. The zero-order chi connectivity index (χ0) is 20.2. The Hall–Kier alpha value is -2.12. The molecular formula is C22H31NO5. The topological polar surface area (TPSA) is 60.4 Å². The third kappa shape index (κ3) is 7.48. The van der Waals surface area contributed by atoms with Gasteiger partial charge in [-0.2, -0.15) is 0 Å². The molecule has 0 amide bonds. The van der Waals surface area contributed by atoms with Crippen molar-refractivity contribution in [3.8, 4) is 11.5 Å². The summed E-state index contributed by atoms with van der Waals surface area (Å²) in [4.78, 5) is 2.14. The molecule has 1 atom stereocenters. The van der Waals surface area contributed by atoms with E-state index in [1.807, 2.05) is 48.5 Å². The first kappa shape index (κ1) is 22.2. The number of hydrogen-bond acceptors (Lipinski definition) is 6. The lowest BCUT2D eigenvalue weighted by Gasteiger charge is -2.25. The number of nitrogens with zero attached hydrogens (tertiary/aromatic N) is 1. The summed E-state index contributed by atoms with van der Waals surface area (Å²) < 4.78 is 21.5. The fraction of sp³-hybridized carbons (Fsp3) is 0.455. The Labute approximate surface area is 167 Å². The van der Waals surface area contributed by atoms with Gasteiger partial charge in [0, 0.05) is 26.7 Å². The first-order valence-electron chi connectivity index (χ1n) is 9.38. The van der Waals surface area contributed by atoms with E-state index in [0.29, 0.717) is 44.3 Å². The summed E-state index contributed by atoms with van der Waals surface area (Å²) in [6.07, 6.45) is -0.583. The van der Waals surface area contributed by atoms with Crippen LogP contribution in [0, 0.1) is 0 Å². The fourth-order valence-corrected chi connectivity index (χ4v) is 2.93. The maximum absolute atomic E-state index is 10.4. The molecular weight excluding hydrogens is 358 g/mol. The third-order valence-electron chi connectivity index (χ3n) is 4.36. The van der Waals surface area contributed by atoms with E-state index in [2.05, 4.69) is 4.90 Å². The molecule has 28 heavy (non-hydrogen) atoms. The van der Waals surface area contributed by atoms with Gasteiger partial charge in [0.2, 0.25) is 0 Å². The van der Waals surface area contributed by atoms with Gasteiger partial charge >= 0.3 is 0 Å². The van der Waals surface area contributed by atoms with Crippen LogP contribution in [0.15, 0.2) is 48.5 Å². The van der Waals surface area contributed by atoms with Crippen LogP contribution in [0.1, 0.15) is 11.1 Å². The molecule has 0 saturated heterocycles. The van der Waals surface area contributed by atoms with Crippen LogP contribution in [0.4, 0.5) is 0 Å². The van der Waals surface area contributed by atoms with E-state index in [1.54, 1.807) is 21.3 Å². The van der Waals surface area contributed by atoms with E-state index in [-0.39, 0.29) is 6.61 Å². The third-order valence-corrected chi connectivity index (χ3v) is 4.36. The normalized spacial score (nSPS) is 12.2. The maximum Gasteiger partial charge on any atom is 0.161 e. The monoisotopic (exact) mass is 389 g/mol. The Morgan fingerprint density at radius 3 is 2.36 bits per heavy atom. The smallest absolute Gasteiger partial charge is 0.161 e. The summed E-state index contributed by atoms with van der Waals surface area (Å²) in [6, 6.07) is 15.8. The average molecular weight is 389 g/mol. The lowest BCUT2D eigenvalue weighted by atomic mass is 10.1. The van der Waals surface area contributed by atoms with Gasteiger partial charge in [-0.25, -0.2) is 0 Å². The molecule has 2 aromatic rings. The minimum absolute atomic E-state index is 0.282. The van der Waals surface area contributed by atoms with Gasteiger partial charge in [-0.15, -0.1) is 0 Å². The first-order chi connectivity index (χ1) is 13.7. The molecule has 2 aromatic carbocycles. The van der Waals surface area contributed by atoms with Crippen molar-refractivity contribution in [2.75, 3.05) is 47.6 Å². The molecule has 0 spiro atoms. The van der Waals surface area contributed by atoms with Gasteiger partial charge in [0.1, 0.15) is 0 Å². The van der Waals surface area contributed by atoms with Crippen LogP contribution >= 0.6 is 0 Å². The standard InChI is InChI=1S/C22H31NO5/c1-25-12-11-23(14-19-9-10-21(26-2)22(13-19)27-3)15-20(24)17-28-16-18-7-5-4-6-8-18/h4-10,13,20,24H,11-12,14-17H2,1-3H3/t20-/m0/s1. The Bertz CT molecular complexity index is 680. The summed E-state index contributed by atoms with van der Waals surface area (Å²) in [6.45, 7) is 3.23. The second-order valence-corrected chi connectivity index (χ2v) is 6.57. The van der Waals surface area contributed by atoms with E-state index in [0.717, 1.165) is 11.1 Å². The van der Waals surface area contributed by atoms with Crippen molar-refractivity contribution in [3.05, 3.63) is 59.7 Å². The Balaban J connectivity index is 1.89. The van der Waals surface area contributed by atoms with Crippen molar-refractivity contribution in [1.82, 2.24) is 4.90 Å². The highest BCUT2D eigenvalue weighted by molar-refractivity contribution is 5.42. The van der Waals surface area contributed by atoms with Crippen LogP contribution < -0.4 is 9.47 Å². The largest absolute Gasteiger partial charge is 0.493 e. The molecule has 6 nitrogen and oxygen atoms in total. The molecule has 0 aliphatic carbocycles. The quantitative estimate of drug-likeness (QED) is 0.568. The van der Waals surface area contributed by atoms with Gasteiger partial charge < -0.3 is 24.1 Å². The van der Waals surface area contributed by atoms with Crippen molar-refractivity contribution >= 4 is 0 Å². The maximum atomic E-state index is 10.4. The molecule has 0 aliphatic rings. The van der Waals surface area contributed by atoms with Crippen LogP contribution in [0.5, 0.6) is 11.5 Å². The Morgan fingerprint density at radius 2 is 1.68 bits per heavy atom. The molecule has 0 heterocycles. The minimum atomic E-state index is -0.583. The highest BCUT2D eigenvalue weighted by Gasteiger charge is 2.14. The summed E-state index contributed by atoms with van der Waals surface area (Å²) in [5, 5.41) is 10.4. The molecule has 0 aromatic heterocycles. The van der Waals surface area contributed by atoms with Crippen LogP contribution in [0.2, 0.25) is 0 Å².